The van der Waals surface area contributed by atoms with E-state index in [9.17, 15) is 24.3 Å². The van der Waals surface area contributed by atoms with Crippen LogP contribution < -0.4 is 0 Å². The Morgan fingerprint density at radius 2 is 1.88 bits per heavy atom. The average Bonchev–Trinajstić information content (AvgIpc) is 2.93. The SMILES string of the molecule is COCC(=O)C(CCCCC(=O)O)(C(=O)O)C(=O)c1ccc(Cl)s1. The molecule has 2 N–H and O–H groups in total. The number of rotatable bonds is 11. The second kappa shape index (κ2) is 8.91. The summed E-state index contributed by atoms with van der Waals surface area (Å²) in [7, 11) is 1.22. The van der Waals surface area contributed by atoms with Gasteiger partial charge in [-0.05, 0) is 25.0 Å². The second-order valence-corrected chi connectivity index (χ2v) is 6.82. The maximum atomic E-state index is 12.7. The number of carboxylic acid groups (broad SMARTS) is 2. The molecule has 9 heteroatoms. The van der Waals surface area contributed by atoms with Crippen molar-refractivity contribution in [3.63, 3.8) is 0 Å². The maximum absolute atomic E-state index is 12.7. The van der Waals surface area contributed by atoms with E-state index in [0.29, 0.717) is 4.34 Å². The molecule has 0 aromatic carbocycles. The van der Waals surface area contributed by atoms with E-state index in [1.807, 2.05) is 0 Å². The third-order valence-electron chi connectivity index (χ3n) is 3.49. The highest BCUT2D eigenvalue weighted by Crippen LogP contribution is 2.35. The van der Waals surface area contributed by atoms with Gasteiger partial charge in [-0.3, -0.25) is 19.2 Å². The Bertz CT molecular complexity index is 640. The zero-order valence-electron chi connectivity index (χ0n) is 12.9. The van der Waals surface area contributed by atoms with Crippen LogP contribution in [0.3, 0.4) is 0 Å². The number of thiophene rings is 1. The van der Waals surface area contributed by atoms with E-state index in [4.69, 9.17) is 21.4 Å². The number of hydrogen-bond donors (Lipinski definition) is 2. The normalized spacial score (nSPS) is 13.2. The van der Waals surface area contributed by atoms with E-state index in [1.165, 1.54) is 19.2 Å². The number of carbonyl (C=O) groups is 4. The van der Waals surface area contributed by atoms with Crippen molar-refractivity contribution in [2.24, 2.45) is 5.41 Å². The first-order valence-corrected chi connectivity index (χ1v) is 8.22. The fourth-order valence-electron chi connectivity index (χ4n) is 2.27. The minimum atomic E-state index is -2.30. The van der Waals surface area contributed by atoms with Gasteiger partial charge < -0.3 is 14.9 Å². The molecule has 0 amide bonds. The number of carbonyl (C=O) groups excluding carboxylic acids is 2. The summed E-state index contributed by atoms with van der Waals surface area (Å²) < 4.78 is 5.01. The van der Waals surface area contributed by atoms with Crippen LogP contribution in [0.15, 0.2) is 12.1 Å². The molecule has 0 saturated carbocycles. The summed E-state index contributed by atoms with van der Waals surface area (Å²) in [5, 5.41) is 18.3. The molecule has 0 fully saturated rings. The average molecular weight is 377 g/mol. The van der Waals surface area contributed by atoms with E-state index in [1.54, 1.807) is 0 Å². The fraction of sp³-hybridized carbons (Fsp3) is 0.467. The van der Waals surface area contributed by atoms with Crippen LogP contribution in [0, 0.1) is 5.41 Å². The lowest BCUT2D eigenvalue weighted by Crippen LogP contribution is -2.48. The van der Waals surface area contributed by atoms with Crippen molar-refractivity contribution in [2.45, 2.75) is 25.7 Å². The molecule has 0 radical (unpaired) electrons. The van der Waals surface area contributed by atoms with Crippen molar-refractivity contribution in [3.8, 4) is 0 Å². The van der Waals surface area contributed by atoms with E-state index >= 15 is 0 Å². The summed E-state index contributed by atoms with van der Waals surface area (Å²) in [5.41, 5.74) is -2.30. The van der Waals surface area contributed by atoms with Crippen LogP contribution in [0.2, 0.25) is 4.34 Å². The Morgan fingerprint density at radius 3 is 2.33 bits per heavy atom. The number of unbranched alkanes of at least 4 members (excludes halogenated alkanes) is 1. The Morgan fingerprint density at radius 1 is 1.21 bits per heavy atom. The molecular weight excluding hydrogens is 360 g/mol. The van der Waals surface area contributed by atoms with Crippen molar-refractivity contribution in [2.75, 3.05) is 13.7 Å². The summed E-state index contributed by atoms with van der Waals surface area (Å²) in [6.45, 7) is -0.532. The predicted octanol–water partition coefficient (Wildman–Crippen LogP) is 2.52. The Kier molecular flexibility index (Phi) is 7.53. The Balaban J connectivity index is 3.15. The highest BCUT2D eigenvalue weighted by molar-refractivity contribution is 7.18. The molecule has 0 aliphatic carbocycles. The van der Waals surface area contributed by atoms with Gasteiger partial charge in [0.2, 0.25) is 0 Å². The largest absolute Gasteiger partial charge is 0.481 e. The van der Waals surface area contributed by atoms with E-state index in [0.717, 1.165) is 11.3 Å². The van der Waals surface area contributed by atoms with Gasteiger partial charge in [0.1, 0.15) is 6.61 Å². The standard InChI is InChI=1S/C15H17ClO7S/c1-23-8-10(17)15(14(21)22,7-3-2-4-12(18)19)13(20)9-5-6-11(16)24-9/h5-6H,2-4,7-8H2,1H3,(H,18,19)(H,21,22). The number of Topliss-reactive ketones (excluding diaryl/α,β-unsaturated/α-hetero) is 2. The number of aliphatic carboxylic acids is 2. The molecule has 0 aliphatic heterocycles. The van der Waals surface area contributed by atoms with Crippen LogP contribution in [0.5, 0.6) is 0 Å². The number of carboxylic acids is 2. The first-order valence-electron chi connectivity index (χ1n) is 7.03. The van der Waals surface area contributed by atoms with Gasteiger partial charge >= 0.3 is 11.9 Å². The zero-order valence-corrected chi connectivity index (χ0v) is 14.5. The van der Waals surface area contributed by atoms with Crippen molar-refractivity contribution in [3.05, 3.63) is 21.3 Å². The summed E-state index contributed by atoms with van der Waals surface area (Å²) in [5.74, 6) is -4.34. The number of halogens is 1. The molecule has 0 saturated heterocycles. The molecular formula is C15H17ClO7S. The first-order chi connectivity index (χ1) is 11.3. The van der Waals surface area contributed by atoms with Crippen LogP contribution in [0.4, 0.5) is 0 Å². The lowest BCUT2D eigenvalue weighted by molar-refractivity contribution is -0.153. The van der Waals surface area contributed by atoms with Crippen LogP contribution in [0.1, 0.15) is 35.4 Å². The quantitative estimate of drug-likeness (QED) is 0.346. The number of ketones is 2. The van der Waals surface area contributed by atoms with Gasteiger partial charge in [0, 0.05) is 13.5 Å². The lowest BCUT2D eigenvalue weighted by Gasteiger charge is -2.25. The van der Waals surface area contributed by atoms with Crippen LogP contribution >= 0.6 is 22.9 Å². The Hall–Kier alpha value is -1.77. The lowest BCUT2D eigenvalue weighted by atomic mass is 9.74. The van der Waals surface area contributed by atoms with Crippen molar-refractivity contribution >= 4 is 46.4 Å². The molecule has 1 aromatic heterocycles. The summed E-state index contributed by atoms with van der Waals surface area (Å²) in [6.07, 6.45) is -0.221. The molecule has 1 unspecified atom stereocenters. The van der Waals surface area contributed by atoms with Gasteiger partial charge in [-0.2, -0.15) is 0 Å². The van der Waals surface area contributed by atoms with Gasteiger partial charge in [-0.25, -0.2) is 0 Å². The summed E-state index contributed by atoms with van der Waals surface area (Å²) >= 11 is 6.67. The molecule has 0 bridgehead atoms. The van der Waals surface area contributed by atoms with Crippen LogP contribution in [0.25, 0.3) is 0 Å². The highest BCUT2D eigenvalue weighted by atomic mass is 35.5. The predicted molar refractivity (Wildman–Crippen MR) is 86.7 cm³/mol. The molecule has 132 valence electrons. The highest BCUT2D eigenvalue weighted by Gasteiger charge is 2.52. The topological polar surface area (TPSA) is 118 Å². The summed E-state index contributed by atoms with van der Waals surface area (Å²) in [6, 6.07) is 2.81. The molecule has 7 nitrogen and oxygen atoms in total. The van der Waals surface area contributed by atoms with Gasteiger partial charge in [-0.1, -0.05) is 18.0 Å². The van der Waals surface area contributed by atoms with E-state index in [-0.39, 0.29) is 30.6 Å². The molecule has 1 atom stereocenters. The first kappa shape index (κ1) is 20.3. The van der Waals surface area contributed by atoms with E-state index < -0.39 is 35.5 Å². The number of hydrogen-bond acceptors (Lipinski definition) is 6. The minimum Gasteiger partial charge on any atom is -0.481 e. The van der Waals surface area contributed by atoms with Crippen molar-refractivity contribution in [1.82, 2.24) is 0 Å². The molecule has 1 aromatic rings. The van der Waals surface area contributed by atoms with Crippen LogP contribution in [-0.2, 0) is 19.1 Å². The molecule has 1 heterocycles. The fourth-order valence-corrected chi connectivity index (χ4v) is 3.33. The third kappa shape index (κ3) is 4.62. The minimum absolute atomic E-state index is 0.0603. The smallest absolute Gasteiger partial charge is 0.325 e. The van der Waals surface area contributed by atoms with E-state index in [2.05, 4.69) is 0 Å². The Labute approximate surface area is 147 Å². The van der Waals surface area contributed by atoms with Gasteiger partial charge in [0.15, 0.2) is 17.0 Å². The van der Waals surface area contributed by atoms with Crippen LogP contribution in [-0.4, -0.2) is 47.4 Å². The number of methoxy groups -OCH3 is 1. The monoisotopic (exact) mass is 376 g/mol. The van der Waals surface area contributed by atoms with Crippen molar-refractivity contribution < 1.29 is 34.1 Å². The van der Waals surface area contributed by atoms with Gasteiger partial charge in [0.05, 0.1) is 9.21 Å². The molecule has 0 spiro atoms. The molecule has 24 heavy (non-hydrogen) atoms. The third-order valence-corrected chi connectivity index (χ3v) is 4.72. The molecule has 1 rings (SSSR count). The second-order valence-electron chi connectivity index (χ2n) is 5.10. The summed E-state index contributed by atoms with van der Waals surface area (Å²) in [4.78, 5) is 47.6. The zero-order chi connectivity index (χ0) is 18.3. The van der Waals surface area contributed by atoms with Gasteiger partial charge in [0.25, 0.3) is 0 Å². The number of ether oxygens (including phenoxy) is 1. The molecule has 0 aliphatic rings. The van der Waals surface area contributed by atoms with Gasteiger partial charge in [-0.15, -0.1) is 11.3 Å². The van der Waals surface area contributed by atoms with Crippen molar-refractivity contribution in [1.29, 1.82) is 0 Å². The maximum Gasteiger partial charge on any atom is 0.325 e.